The number of carbonyl (C=O) groups excluding carboxylic acids is 1. The Morgan fingerprint density at radius 3 is 2.44 bits per heavy atom. The maximum absolute atomic E-state index is 11.9. The van der Waals surface area contributed by atoms with E-state index in [4.69, 9.17) is 4.74 Å². The first-order valence-corrected chi connectivity index (χ1v) is 6.53. The molecule has 0 spiro atoms. The number of benzene rings is 1. The summed E-state index contributed by atoms with van der Waals surface area (Å²) in [4.78, 5) is 22.6. The molecule has 0 amide bonds. The van der Waals surface area contributed by atoms with Crippen molar-refractivity contribution in [1.82, 2.24) is 0 Å². The molecule has 5 nitrogen and oxygen atoms in total. The number of rotatable bonds is 3. The molecule has 0 aliphatic heterocycles. The molecule has 6 heteroatoms. The van der Waals surface area contributed by atoms with Crippen molar-refractivity contribution in [1.29, 1.82) is 0 Å². The lowest BCUT2D eigenvalue weighted by Gasteiger charge is -2.20. The van der Waals surface area contributed by atoms with E-state index in [1.165, 1.54) is 30.0 Å². The first-order chi connectivity index (χ1) is 8.24. The molecule has 0 unspecified atom stereocenters. The number of nitro benzene ring substituents is 1. The standard InChI is InChI=1S/C12H15NO4S/c1-12(2,3)17-11(14)9-6-5-8(13(15)16)7-10(9)18-4/h5-7H,1-4H3. The molecule has 0 fully saturated rings. The predicted molar refractivity (Wildman–Crippen MR) is 70.0 cm³/mol. The van der Waals surface area contributed by atoms with E-state index in [0.717, 1.165) is 0 Å². The Morgan fingerprint density at radius 2 is 2.00 bits per heavy atom. The lowest BCUT2D eigenvalue weighted by molar-refractivity contribution is -0.385. The number of hydrogen-bond donors (Lipinski definition) is 0. The van der Waals surface area contributed by atoms with Crippen LogP contribution in [0, 0.1) is 10.1 Å². The highest BCUT2D eigenvalue weighted by atomic mass is 32.2. The molecule has 0 N–H and O–H groups in total. The molecule has 0 saturated carbocycles. The Hall–Kier alpha value is -1.56. The maximum Gasteiger partial charge on any atom is 0.339 e. The maximum atomic E-state index is 11.9. The van der Waals surface area contributed by atoms with Crippen molar-refractivity contribution in [3.8, 4) is 0 Å². The second-order valence-electron chi connectivity index (χ2n) is 4.64. The summed E-state index contributed by atoms with van der Waals surface area (Å²) in [5.74, 6) is -0.471. The second-order valence-corrected chi connectivity index (χ2v) is 5.49. The highest BCUT2D eigenvalue weighted by Gasteiger charge is 2.21. The van der Waals surface area contributed by atoms with Crippen LogP contribution in [0.1, 0.15) is 31.1 Å². The van der Waals surface area contributed by atoms with E-state index >= 15 is 0 Å². The van der Waals surface area contributed by atoms with Gasteiger partial charge in [0.25, 0.3) is 5.69 Å². The monoisotopic (exact) mass is 269 g/mol. The summed E-state index contributed by atoms with van der Waals surface area (Å²) < 4.78 is 5.24. The summed E-state index contributed by atoms with van der Waals surface area (Å²) in [6.07, 6.45) is 1.76. The van der Waals surface area contributed by atoms with Crippen molar-refractivity contribution in [2.24, 2.45) is 0 Å². The van der Waals surface area contributed by atoms with E-state index in [9.17, 15) is 14.9 Å². The van der Waals surface area contributed by atoms with E-state index in [1.54, 1.807) is 27.0 Å². The third-order valence-corrected chi connectivity index (χ3v) is 2.79. The molecule has 0 bridgehead atoms. The van der Waals surface area contributed by atoms with Gasteiger partial charge in [0.15, 0.2) is 0 Å². The highest BCUT2D eigenvalue weighted by molar-refractivity contribution is 7.98. The second kappa shape index (κ2) is 5.39. The number of thioether (sulfide) groups is 1. The predicted octanol–water partition coefficient (Wildman–Crippen LogP) is 3.27. The number of hydrogen-bond acceptors (Lipinski definition) is 5. The molecular weight excluding hydrogens is 254 g/mol. The van der Waals surface area contributed by atoms with Crippen LogP contribution in [0.25, 0.3) is 0 Å². The number of non-ortho nitro benzene ring substituents is 1. The Labute approximate surface area is 110 Å². The summed E-state index contributed by atoms with van der Waals surface area (Å²) in [5, 5.41) is 10.7. The summed E-state index contributed by atoms with van der Waals surface area (Å²) in [5.41, 5.74) is -0.274. The largest absolute Gasteiger partial charge is 0.456 e. The number of ether oxygens (including phenoxy) is 1. The van der Waals surface area contributed by atoms with Gasteiger partial charge in [0.1, 0.15) is 5.60 Å². The molecule has 98 valence electrons. The average Bonchev–Trinajstić information content (AvgIpc) is 2.25. The first kappa shape index (κ1) is 14.5. The molecule has 1 aromatic carbocycles. The van der Waals surface area contributed by atoms with Gasteiger partial charge in [-0.25, -0.2) is 4.79 Å². The normalized spacial score (nSPS) is 11.1. The summed E-state index contributed by atoms with van der Waals surface area (Å²) in [7, 11) is 0. The van der Waals surface area contributed by atoms with Crippen LogP contribution < -0.4 is 0 Å². The van der Waals surface area contributed by atoms with Gasteiger partial charge >= 0.3 is 5.97 Å². The van der Waals surface area contributed by atoms with E-state index in [2.05, 4.69) is 0 Å². The summed E-state index contributed by atoms with van der Waals surface area (Å²) >= 11 is 1.28. The SMILES string of the molecule is CSc1cc([N+](=O)[O-])ccc1C(=O)OC(C)(C)C. The van der Waals surface area contributed by atoms with Gasteiger partial charge in [0.05, 0.1) is 10.5 Å². The number of nitrogens with zero attached hydrogens (tertiary/aromatic N) is 1. The van der Waals surface area contributed by atoms with E-state index in [1.807, 2.05) is 0 Å². The van der Waals surface area contributed by atoms with Crippen molar-refractivity contribution in [3.63, 3.8) is 0 Å². The first-order valence-electron chi connectivity index (χ1n) is 5.30. The Morgan fingerprint density at radius 1 is 1.39 bits per heavy atom. The molecule has 0 aliphatic rings. The molecule has 0 heterocycles. The topological polar surface area (TPSA) is 69.4 Å². The number of carbonyl (C=O) groups is 1. The molecule has 0 atom stereocenters. The molecule has 0 aromatic heterocycles. The Kier molecular flexibility index (Phi) is 4.34. The third kappa shape index (κ3) is 3.73. The Balaban J connectivity index is 3.10. The average molecular weight is 269 g/mol. The lowest BCUT2D eigenvalue weighted by atomic mass is 10.1. The van der Waals surface area contributed by atoms with Crippen LogP contribution in [0.2, 0.25) is 0 Å². The molecule has 1 aromatic rings. The minimum absolute atomic E-state index is 0.0355. The zero-order valence-corrected chi connectivity index (χ0v) is 11.5. The zero-order chi connectivity index (χ0) is 13.9. The number of esters is 1. The van der Waals surface area contributed by atoms with Gasteiger partial charge in [-0.15, -0.1) is 11.8 Å². The van der Waals surface area contributed by atoms with Crippen molar-refractivity contribution in [2.45, 2.75) is 31.3 Å². The quantitative estimate of drug-likeness (QED) is 0.364. The van der Waals surface area contributed by atoms with Gasteiger partial charge < -0.3 is 4.74 Å². The van der Waals surface area contributed by atoms with E-state index < -0.39 is 16.5 Å². The fraction of sp³-hybridized carbons (Fsp3) is 0.417. The van der Waals surface area contributed by atoms with Crippen LogP contribution in [0.4, 0.5) is 5.69 Å². The van der Waals surface area contributed by atoms with Crippen molar-refractivity contribution in [3.05, 3.63) is 33.9 Å². The van der Waals surface area contributed by atoms with Crippen LogP contribution in [-0.4, -0.2) is 22.7 Å². The fourth-order valence-corrected chi connectivity index (χ4v) is 1.91. The van der Waals surface area contributed by atoms with Gasteiger partial charge in [0, 0.05) is 17.0 Å². The van der Waals surface area contributed by atoms with Gasteiger partial charge in [-0.05, 0) is 33.1 Å². The van der Waals surface area contributed by atoms with Crippen LogP contribution in [-0.2, 0) is 4.74 Å². The zero-order valence-electron chi connectivity index (χ0n) is 10.7. The number of nitro groups is 1. The van der Waals surface area contributed by atoms with E-state index in [-0.39, 0.29) is 5.69 Å². The van der Waals surface area contributed by atoms with Gasteiger partial charge in [-0.3, -0.25) is 10.1 Å². The molecule has 1 rings (SSSR count). The van der Waals surface area contributed by atoms with Crippen LogP contribution in [0.15, 0.2) is 23.1 Å². The molecule has 0 saturated heterocycles. The van der Waals surface area contributed by atoms with Gasteiger partial charge in [0.2, 0.25) is 0 Å². The van der Waals surface area contributed by atoms with Crippen molar-refractivity contribution in [2.75, 3.05) is 6.26 Å². The minimum Gasteiger partial charge on any atom is -0.456 e. The lowest BCUT2D eigenvalue weighted by Crippen LogP contribution is -2.24. The smallest absolute Gasteiger partial charge is 0.339 e. The summed E-state index contributed by atoms with van der Waals surface area (Å²) in [6.45, 7) is 5.32. The molecular formula is C12H15NO4S. The van der Waals surface area contributed by atoms with Gasteiger partial charge in [-0.2, -0.15) is 0 Å². The molecule has 0 radical (unpaired) electrons. The van der Waals surface area contributed by atoms with Gasteiger partial charge in [-0.1, -0.05) is 0 Å². The fourth-order valence-electron chi connectivity index (χ4n) is 1.30. The highest BCUT2D eigenvalue weighted by Crippen LogP contribution is 2.27. The van der Waals surface area contributed by atoms with Crippen molar-refractivity contribution >= 4 is 23.4 Å². The Bertz CT molecular complexity index is 479. The molecule has 18 heavy (non-hydrogen) atoms. The molecule has 0 aliphatic carbocycles. The summed E-state index contributed by atoms with van der Waals surface area (Å²) in [6, 6.07) is 4.11. The van der Waals surface area contributed by atoms with E-state index in [0.29, 0.717) is 10.5 Å². The van der Waals surface area contributed by atoms with Crippen LogP contribution >= 0.6 is 11.8 Å². The van der Waals surface area contributed by atoms with Crippen LogP contribution in [0.5, 0.6) is 0 Å². The van der Waals surface area contributed by atoms with Crippen molar-refractivity contribution < 1.29 is 14.5 Å². The third-order valence-electron chi connectivity index (χ3n) is 2.01. The van der Waals surface area contributed by atoms with Crippen LogP contribution in [0.3, 0.4) is 0 Å². The minimum atomic E-state index is -0.589.